The topological polar surface area (TPSA) is 107 Å². The quantitative estimate of drug-likeness (QED) is 0.519. The molecule has 2 rings (SSSR count). The van der Waals surface area contributed by atoms with Crippen LogP contribution in [0.3, 0.4) is 0 Å². The summed E-state index contributed by atoms with van der Waals surface area (Å²) in [5.74, 6) is -2.38. The van der Waals surface area contributed by atoms with E-state index in [4.69, 9.17) is 28.9 Å². The summed E-state index contributed by atoms with van der Waals surface area (Å²) < 4.78 is 0.165. The molecule has 1 aromatic rings. The zero-order valence-electron chi connectivity index (χ0n) is 12.0. The van der Waals surface area contributed by atoms with E-state index in [9.17, 15) is 19.5 Å². The summed E-state index contributed by atoms with van der Waals surface area (Å²) in [4.78, 5) is 35.7. The first-order chi connectivity index (χ1) is 11.3. The highest BCUT2D eigenvalue weighted by atomic mass is 35.5. The second-order valence-electron chi connectivity index (χ2n) is 4.64. The van der Waals surface area contributed by atoms with Crippen molar-refractivity contribution in [2.75, 3.05) is 13.1 Å². The van der Waals surface area contributed by atoms with Gasteiger partial charge in [0.2, 0.25) is 5.91 Å². The summed E-state index contributed by atoms with van der Waals surface area (Å²) in [6, 6.07) is 4.39. The largest absolute Gasteiger partial charge is 0.507 e. The first-order valence-corrected chi connectivity index (χ1v) is 8.10. The Kier molecular flexibility index (Phi) is 5.81. The fourth-order valence-electron chi connectivity index (χ4n) is 1.79. The van der Waals surface area contributed by atoms with E-state index in [0.717, 1.165) is 16.7 Å². The highest BCUT2D eigenvalue weighted by Crippen LogP contribution is 2.34. The molecular weight excluding hydrogens is 376 g/mol. The highest BCUT2D eigenvalue weighted by Gasteiger charge is 2.33. The summed E-state index contributed by atoms with van der Waals surface area (Å²) in [6.45, 7) is -0.920. The molecule has 1 saturated heterocycles. The monoisotopic (exact) mass is 386 g/mol. The van der Waals surface area contributed by atoms with Crippen LogP contribution in [0.15, 0.2) is 23.1 Å². The third-order valence-electron chi connectivity index (χ3n) is 2.89. The molecule has 1 aliphatic rings. The van der Waals surface area contributed by atoms with Crippen molar-refractivity contribution < 1.29 is 24.6 Å². The number of hydrogen-bond donors (Lipinski definition) is 3. The maximum atomic E-state index is 12.3. The summed E-state index contributed by atoms with van der Waals surface area (Å²) in [5, 5.41) is 20.8. The van der Waals surface area contributed by atoms with Crippen LogP contribution < -0.4 is 5.32 Å². The lowest BCUT2D eigenvalue weighted by molar-refractivity contribution is -0.138. The van der Waals surface area contributed by atoms with Gasteiger partial charge in [0, 0.05) is 10.6 Å². The van der Waals surface area contributed by atoms with E-state index in [1.54, 1.807) is 0 Å². The zero-order chi connectivity index (χ0) is 17.9. The molecular formula is C14H11ClN2O5S2. The third-order valence-corrected chi connectivity index (χ3v) is 4.50. The first kappa shape index (κ1) is 18.2. The van der Waals surface area contributed by atoms with Crippen LogP contribution in [0.5, 0.6) is 5.75 Å². The molecule has 7 nitrogen and oxygen atoms in total. The van der Waals surface area contributed by atoms with Gasteiger partial charge in [-0.2, -0.15) is 0 Å². The van der Waals surface area contributed by atoms with Gasteiger partial charge in [-0.25, -0.2) is 0 Å². The smallest absolute Gasteiger partial charge is 0.322 e. The molecule has 2 amide bonds. The van der Waals surface area contributed by atoms with Gasteiger partial charge in [-0.1, -0.05) is 35.6 Å². The Morgan fingerprint density at radius 1 is 1.42 bits per heavy atom. The highest BCUT2D eigenvalue weighted by molar-refractivity contribution is 8.26. The van der Waals surface area contributed by atoms with Gasteiger partial charge in [-0.05, 0) is 24.3 Å². The number of nitrogens with zero attached hydrogens (tertiary/aromatic N) is 1. The van der Waals surface area contributed by atoms with Crippen LogP contribution in [0.1, 0.15) is 5.56 Å². The summed E-state index contributed by atoms with van der Waals surface area (Å²) in [6.07, 6.45) is 1.43. The number of carboxylic acid groups (broad SMARTS) is 1. The van der Waals surface area contributed by atoms with Crippen LogP contribution in [0.2, 0.25) is 5.02 Å². The van der Waals surface area contributed by atoms with Crippen LogP contribution in [-0.2, 0) is 14.4 Å². The number of rotatable bonds is 5. The number of phenolic OH excluding ortho intramolecular Hbond substituents is 1. The summed E-state index contributed by atoms with van der Waals surface area (Å²) in [5.41, 5.74) is 0.346. The number of nitrogens with one attached hydrogen (secondary N) is 1. The molecule has 0 saturated carbocycles. The number of carbonyl (C=O) groups excluding carboxylic acids is 2. The Bertz CT molecular complexity index is 766. The standard InChI is InChI=1S/C14H11ClN2O5S2/c15-8-1-2-9(18)7(3-8)4-10-13(22)17(14(23)24-10)6-11(19)16-5-12(20)21/h1-4,18H,5-6H2,(H,16,19)(H,20,21)/b10-4-. The van der Waals surface area contributed by atoms with E-state index >= 15 is 0 Å². The normalized spacial score (nSPS) is 15.9. The molecule has 0 radical (unpaired) electrons. The maximum absolute atomic E-state index is 12.3. The number of aromatic hydroxyl groups is 1. The van der Waals surface area contributed by atoms with Gasteiger partial charge in [-0.3, -0.25) is 19.3 Å². The number of carboxylic acids is 1. The predicted molar refractivity (Wildman–Crippen MR) is 93.6 cm³/mol. The number of phenols is 1. The van der Waals surface area contributed by atoms with Crippen molar-refractivity contribution in [2.45, 2.75) is 0 Å². The average Bonchev–Trinajstić information content (AvgIpc) is 2.76. The summed E-state index contributed by atoms with van der Waals surface area (Å²) >= 11 is 11.9. The molecule has 24 heavy (non-hydrogen) atoms. The van der Waals surface area contributed by atoms with Crippen molar-refractivity contribution in [1.82, 2.24) is 10.2 Å². The van der Waals surface area contributed by atoms with E-state index < -0.39 is 24.3 Å². The number of benzene rings is 1. The zero-order valence-corrected chi connectivity index (χ0v) is 14.4. The maximum Gasteiger partial charge on any atom is 0.322 e. The third kappa shape index (κ3) is 4.47. The lowest BCUT2D eigenvalue weighted by Gasteiger charge is -2.13. The van der Waals surface area contributed by atoms with Gasteiger partial charge in [0.25, 0.3) is 5.91 Å². The Morgan fingerprint density at radius 3 is 2.79 bits per heavy atom. The number of halogens is 1. The molecule has 1 aliphatic heterocycles. The van der Waals surface area contributed by atoms with Crippen molar-refractivity contribution in [2.24, 2.45) is 0 Å². The Hall–Kier alpha value is -2.10. The molecule has 1 heterocycles. The van der Waals surface area contributed by atoms with Crippen molar-refractivity contribution in [1.29, 1.82) is 0 Å². The Balaban J connectivity index is 2.13. The molecule has 10 heteroatoms. The second kappa shape index (κ2) is 7.65. The Morgan fingerprint density at radius 2 is 2.12 bits per heavy atom. The van der Waals surface area contributed by atoms with Crippen molar-refractivity contribution >= 4 is 63.8 Å². The fraction of sp³-hybridized carbons (Fsp3) is 0.143. The van der Waals surface area contributed by atoms with E-state index in [2.05, 4.69) is 5.32 Å². The molecule has 1 fully saturated rings. The molecule has 0 atom stereocenters. The van der Waals surface area contributed by atoms with E-state index in [-0.39, 0.29) is 21.5 Å². The number of aliphatic carboxylic acids is 1. The average molecular weight is 387 g/mol. The summed E-state index contributed by atoms with van der Waals surface area (Å²) in [7, 11) is 0. The van der Waals surface area contributed by atoms with Crippen molar-refractivity contribution in [3.8, 4) is 5.75 Å². The van der Waals surface area contributed by atoms with Crippen molar-refractivity contribution in [3.63, 3.8) is 0 Å². The van der Waals surface area contributed by atoms with Crippen LogP contribution >= 0.6 is 35.6 Å². The number of amides is 2. The van der Waals surface area contributed by atoms with Gasteiger partial charge in [0.1, 0.15) is 23.2 Å². The molecule has 1 aromatic carbocycles. The number of thioether (sulfide) groups is 1. The molecule has 3 N–H and O–H groups in total. The Labute approximate surface area is 151 Å². The molecule has 0 bridgehead atoms. The van der Waals surface area contributed by atoms with Gasteiger partial charge < -0.3 is 15.5 Å². The fourth-order valence-corrected chi connectivity index (χ4v) is 3.22. The van der Waals surface area contributed by atoms with E-state index in [1.807, 2.05) is 0 Å². The number of carbonyl (C=O) groups is 3. The van der Waals surface area contributed by atoms with Gasteiger partial charge >= 0.3 is 5.97 Å². The molecule has 0 aliphatic carbocycles. The van der Waals surface area contributed by atoms with Crippen LogP contribution in [0.4, 0.5) is 0 Å². The predicted octanol–water partition coefficient (Wildman–Crippen LogP) is 1.45. The molecule has 126 valence electrons. The lowest BCUT2D eigenvalue weighted by Crippen LogP contribution is -2.41. The SMILES string of the molecule is O=C(O)CNC(=O)CN1C(=O)/C(=C/c2cc(Cl)ccc2O)SC1=S. The van der Waals surface area contributed by atoms with E-state index in [1.165, 1.54) is 24.3 Å². The minimum atomic E-state index is -1.19. The van der Waals surface area contributed by atoms with Gasteiger partial charge in [-0.15, -0.1) is 0 Å². The van der Waals surface area contributed by atoms with Gasteiger partial charge in [0.15, 0.2) is 0 Å². The first-order valence-electron chi connectivity index (χ1n) is 6.50. The molecule has 0 spiro atoms. The second-order valence-corrected chi connectivity index (χ2v) is 6.75. The van der Waals surface area contributed by atoms with E-state index in [0.29, 0.717) is 10.6 Å². The number of thiocarbonyl (C=S) groups is 1. The van der Waals surface area contributed by atoms with Crippen LogP contribution in [0, 0.1) is 0 Å². The molecule has 0 unspecified atom stereocenters. The molecule has 0 aromatic heterocycles. The van der Waals surface area contributed by atoms with Gasteiger partial charge in [0.05, 0.1) is 4.91 Å². The van der Waals surface area contributed by atoms with Crippen LogP contribution in [0.25, 0.3) is 6.08 Å². The minimum absolute atomic E-state index is 0.0520. The minimum Gasteiger partial charge on any atom is -0.507 e. The number of hydrogen-bond acceptors (Lipinski definition) is 6. The van der Waals surface area contributed by atoms with Crippen LogP contribution in [-0.4, -0.2) is 50.3 Å². The lowest BCUT2D eigenvalue weighted by atomic mass is 10.2. The van der Waals surface area contributed by atoms with Crippen molar-refractivity contribution in [3.05, 3.63) is 33.7 Å².